The molecule has 4 N–H and O–H groups in total. The number of hydrogen-bond donors (Lipinski definition) is 2. The van der Waals surface area contributed by atoms with Crippen molar-refractivity contribution in [2.24, 2.45) is 16.7 Å². The molecule has 2 aromatic heterocycles. The van der Waals surface area contributed by atoms with Crippen molar-refractivity contribution in [3.8, 4) is 0 Å². The minimum atomic E-state index is -0.180. The van der Waals surface area contributed by atoms with Crippen LogP contribution in [0.2, 0.25) is 0 Å². The molecule has 90 valence electrons. The van der Waals surface area contributed by atoms with Crippen molar-refractivity contribution in [3.63, 3.8) is 0 Å². The number of nitrogens with two attached hydrogens (primary N) is 2. The number of fused-ring (bicyclic) bond motifs is 1. The Morgan fingerprint density at radius 2 is 2.47 bits per heavy atom. The summed E-state index contributed by atoms with van der Waals surface area (Å²) < 4.78 is 1.28. The highest BCUT2D eigenvalue weighted by Crippen LogP contribution is 2.17. The average molecular weight is 270 g/mol. The molecule has 2 rings (SSSR count). The van der Waals surface area contributed by atoms with Gasteiger partial charge in [0.1, 0.15) is 5.01 Å². The van der Waals surface area contributed by atoms with Gasteiger partial charge < -0.3 is 11.6 Å². The number of hydrogen-bond acceptors (Lipinski definition) is 7. The molecule has 0 saturated heterocycles. The maximum atomic E-state index is 11.6. The highest BCUT2D eigenvalue weighted by Gasteiger charge is 2.08. The molecule has 0 fully saturated rings. The van der Waals surface area contributed by atoms with Gasteiger partial charge in [0.15, 0.2) is 5.17 Å². The fourth-order valence-electron chi connectivity index (χ4n) is 1.19. The topological polar surface area (TPSA) is 112 Å². The third-order valence-electron chi connectivity index (χ3n) is 1.89. The molecule has 9 heteroatoms. The second kappa shape index (κ2) is 4.72. The van der Waals surface area contributed by atoms with E-state index in [9.17, 15) is 4.79 Å². The van der Waals surface area contributed by atoms with Crippen molar-refractivity contribution in [3.05, 3.63) is 27.1 Å². The van der Waals surface area contributed by atoms with Gasteiger partial charge in [-0.2, -0.15) is 14.7 Å². The van der Waals surface area contributed by atoms with E-state index in [-0.39, 0.29) is 10.7 Å². The largest absolute Gasteiger partial charge is 0.377 e. The van der Waals surface area contributed by atoms with Crippen molar-refractivity contribution < 1.29 is 0 Å². The Morgan fingerprint density at radius 1 is 1.71 bits per heavy atom. The molecule has 0 bridgehead atoms. The summed E-state index contributed by atoms with van der Waals surface area (Å²) in [6.45, 7) is 1.77. The first-order valence-corrected chi connectivity index (χ1v) is 6.43. The molecular formula is C8H10N6OS2. The van der Waals surface area contributed by atoms with E-state index in [1.165, 1.54) is 33.7 Å². The first-order chi connectivity index (χ1) is 8.10. The summed E-state index contributed by atoms with van der Waals surface area (Å²) in [5.74, 6) is 5.53. The third kappa shape index (κ3) is 2.56. The normalized spacial score (nSPS) is 12.2. The molecule has 0 spiro atoms. The first kappa shape index (κ1) is 11.9. The van der Waals surface area contributed by atoms with Crippen molar-refractivity contribution in [1.82, 2.24) is 14.6 Å². The molecule has 0 atom stereocenters. The quantitative estimate of drug-likeness (QED) is 0.340. The van der Waals surface area contributed by atoms with E-state index < -0.39 is 0 Å². The number of thioether (sulfide) groups is 1. The maximum Gasteiger partial charge on any atom is 0.275 e. The predicted molar refractivity (Wildman–Crippen MR) is 69.0 cm³/mol. The fourth-order valence-corrected chi connectivity index (χ4v) is 2.75. The van der Waals surface area contributed by atoms with Gasteiger partial charge in [0.25, 0.3) is 5.56 Å². The average Bonchev–Trinajstić information content (AvgIpc) is 2.69. The van der Waals surface area contributed by atoms with Crippen LogP contribution in [0, 0.1) is 6.92 Å². The molecule has 0 unspecified atom stereocenters. The van der Waals surface area contributed by atoms with Crippen LogP contribution < -0.4 is 17.1 Å². The van der Waals surface area contributed by atoms with Crippen LogP contribution in [0.3, 0.4) is 0 Å². The van der Waals surface area contributed by atoms with Crippen molar-refractivity contribution in [2.45, 2.75) is 12.7 Å². The molecule has 0 aliphatic heterocycles. The van der Waals surface area contributed by atoms with E-state index in [0.29, 0.717) is 16.4 Å². The van der Waals surface area contributed by atoms with Gasteiger partial charge in [0.2, 0.25) is 4.96 Å². The van der Waals surface area contributed by atoms with Crippen molar-refractivity contribution in [1.29, 1.82) is 0 Å². The minimum absolute atomic E-state index is 0.180. The number of hydrazone groups is 1. The SMILES string of the molecule is Cc1cc(=O)n2nc(CSC(N)=NN)sc2n1. The molecule has 7 nitrogen and oxygen atoms in total. The predicted octanol–water partition coefficient (Wildman–Crippen LogP) is -0.119. The number of amidine groups is 1. The minimum Gasteiger partial charge on any atom is -0.377 e. The standard InChI is InChI=1S/C8H10N6OS2/c1-4-2-6(15)14-8(11-4)17-5(13-14)3-16-7(9)12-10/h2H,3,10H2,1H3,(H2,9,12). The van der Waals surface area contributed by atoms with Crippen LogP contribution in [0.1, 0.15) is 10.7 Å². The molecule has 17 heavy (non-hydrogen) atoms. The Morgan fingerprint density at radius 3 is 3.18 bits per heavy atom. The summed E-state index contributed by atoms with van der Waals surface area (Å²) in [6, 6.07) is 1.44. The number of rotatable bonds is 2. The van der Waals surface area contributed by atoms with Gasteiger partial charge >= 0.3 is 0 Å². The lowest BCUT2D eigenvalue weighted by molar-refractivity contribution is 0.870. The summed E-state index contributed by atoms with van der Waals surface area (Å²) in [4.78, 5) is 16.4. The molecule has 0 saturated carbocycles. The second-order valence-corrected chi connectivity index (χ2v) is 5.22. The van der Waals surface area contributed by atoms with E-state index >= 15 is 0 Å². The maximum absolute atomic E-state index is 11.6. The highest BCUT2D eigenvalue weighted by atomic mass is 32.2. The van der Waals surface area contributed by atoms with Crippen LogP contribution in [0.4, 0.5) is 0 Å². The molecule has 2 aromatic rings. The van der Waals surface area contributed by atoms with E-state index in [0.717, 1.165) is 5.01 Å². The molecule has 0 aromatic carbocycles. The lowest BCUT2D eigenvalue weighted by Crippen LogP contribution is -2.14. The number of nitrogens with zero attached hydrogens (tertiary/aromatic N) is 4. The van der Waals surface area contributed by atoms with E-state index in [1.54, 1.807) is 6.92 Å². The Balaban J connectivity index is 2.32. The first-order valence-electron chi connectivity index (χ1n) is 4.62. The van der Waals surface area contributed by atoms with Crippen LogP contribution in [0.25, 0.3) is 4.96 Å². The number of aromatic nitrogens is 3. The van der Waals surface area contributed by atoms with Gasteiger partial charge in [-0.1, -0.05) is 23.1 Å². The lowest BCUT2D eigenvalue weighted by atomic mass is 10.5. The van der Waals surface area contributed by atoms with E-state index in [1.807, 2.05) is 0 Å². The summed E-state index contributed by atoms with van der Waals surface area (Å²) in [7, 11) is 0. The van der Waals surface area contributed by atoms with Crippen LogP contribution in [-0.4, -0.2) is 19.8 Å². The van der Waals surface area contributed by atoms with Crippen LogP contribution in [0.15, 0.2) is 16.0 Å². The Labute approximate surface area is 105 Å². The number of aryl methyl sites for hydroxylation is 1. The van der Waals surface area contributed by atoms with Crippen LogP contribution >= 0.6 is 23.1 Å². The van der Waals surface area contributed by atoms with Crippen molar-refractivity contribution in [2.75, 3.05) is 0 Å². The second-order valence-electron chi connectivity index (χ2n) is 3.18. The summed E-state index contributed by atoms with van der Waals surface area (Å²) in [5, 5.41) is 8.51. The van der Waals surface area contributed by atoms with E-state index in [2.05, 4.69) is 15.2 Å². The molecule has 0 aliphatic rings. The van der Waals surface area contributed by atoms with Crippen LogP contribution in [-0.2, 0) is 5.75 Å². The zero-order valence-corrected chi connectivity index (χ0v) is 10.6. The lowest BCUT2D eigenvalue weighted by Gasteiger charge is -1.93. The molecular weight excluding hydrogens is 260 g/mol. The Kier molecular flexibility index (Phi) is 3.29. The highest BCUT2D eigenvalue weighted by molar-refractivity contribution is 8.13. The van der Waals surface area contributed by atoms with E-state index in [4.69, 9.17) is 11.6 Å². The van der Waals surface area contributed by atoms with Gasteiger partial charge in [-0.15, -0.1) is 0 Å². The van der Waals surface area contributed by atoms with Gasteiger partial charge in [-0.3, -0.25) is 4.79 Å². The molecule has 0 amide bonds. The van der Waals surface area contributed by atoms with Crippen LogP contribution in [0.5, 0.6) is 0 Å². The zero-order valence-electron chi connectivity index (χ0n) is 8.95. The van der Waals surface area contributed by atoms with Gasteiger partial charge in [-0.25, -0.2) is 4.98 Å². The zero-order chi connectivity index (χ0) is 12.4. The molecule has 2 heterocycles. The molecule has 0 aliphatic carbocycles. The Bertz CT molecular complexity index is 630. The Hall–Kier alpha value is -1.61. The van der Waals surface area contributed by atoms with Gasteiger partial charge in [0.05, 0.1) is 5.75 Å². The van der Waals surface area contributed by atoms with Crippen molar-refractivity contribution >= 4 is 33.2 Å². The summed E-state index contributed by atoms with van der Waals surface area (Å²) in [6.07, 6.45) is 0. The summed E-state index contributed by atoms with van der Waals surface area (Å²) >= 11 is 2.61. The summed E-state index contributed by atoms with van der Waals surface area (Å²) in [5.41, 5.74) is 5.95. The fraction of sp³-hybridized carbons (Fsp3) is 0.250. The molecule has 0 radical (unpaired) electrons. The van der Waals surface area contributed by atoms with Gasteiger partial charge in [-0.05, 0) is 6.92 Å². The van der Waals surface area contributed by atoms with Gasteiger partial charge in [0, 0.05) is 11.8 Å². The monoisotopic (exact) mass is 270 g/mol. The smallest absolute Gasteiger partial charge is 0.275 e. The third-order valence-corrected chi connectivity index (χ3v) is 3.80.